The topological polar surface area (TPSA) is 33.1 Å². The van der Waals surface area contributed by atoms with E-state index in [2.05, 4.69) is 22.4 Å². The Morgan fingerprint density at radius 1 is 1.24 bits per heavy atom. The van der Waals surface area contributed by atoms with Gasteiger partial charge in [0.2, 0.25) is 0 Å². The number of aromatic nitrogens is 2. The van der Waals surface area contributed by atoms with Crippen LogP contribution in [0.15, 0.2) is 36.7 Å². The summed E-state index contributed by atoms with van der Waals surface area (Å²) in [7, 11) is 4.04. The van der Waals surface area contributed by atoms with Crippen LogP contribution in [0, 0.1) is 5.82 Å². The highest BCUT2D eigenvalue weighted by atomic mass is 35.5. The van der Waals surface area contributed by atoms with Gasteiger partial charge in [0.1, 0.15) is 5.82 Å². The summed E-state index contributed by atoms with van der Waals surface area (Å²) in [5, 5.41) is 7.48. The Balaban J connectivity index is 0.00000220. The van der Waals surface area contributed by atoms with Gasteiger partial charge in [0.15, 0.2) is 0 Å². The van der Waals surface area contributed by atoms with Crippen LogP contribution in [0.25, 0.3) is 0 Å². The van der Waals surface area contributed by atoms with Gasteiger partial charge in [-0.3, -0.25) is 4.68 Å². The Hall–Kier alpha value is -1.43. The summed E-state index contributed by atoms with van der Waals surface area (Å²) in [4.78, 5) is 2.25. The molecule has 2 rings (SSSR count). The normalized spacial score (nSPS) is 10.7. The summed E-state index contributed by atoms with van der Waals surface area (Å²) in [5.41, 5.74) is 2.23. The highest BCUT2D eigenvalue weighted by Gasteiger charge is 2.03. The number of likely N-dealkylation sites (N-methyl/N-ethyl adjacent to an activating group) is 2. The second-order valence-electron chi connectivity index (χ2n) is 5.01. The molecule has 1 heterocycles. The van der Waals surface area contributed by atoms with Crippen molar-refractivity contribution in [3.63, 3.8) is 0 Å². The highest BCUT2D eigenvalue weighted by Crippen LogP contribution is 2.07. The lowest BCUT2D eigenvalue weighted by molar-refractivity contribution is 0.328. The smallest absolute Gasteiger partial charge is 0.123 e. The van der Waals surface area contributed by atoms with E-state index in [1.165, 1.54) is 17.7 Å². The molecule has 4 nitrogen and oxygen atoms in total. The predicted molar refractivity (Wildman–Crippen MR) is 85.2 cm³/mol. The molecule has 0 amide bonds. The molecule has 0 spiro atoms. The average molecular weight is 313 g/mol. The Labute approximate surface area is 131 Å². The Bertz CT molecular complexity index is 527. The van der Waals surface area contributed by atoms with Gasteiger partial charge in [0, 0.05) is 31.4 Å². The van der Waals surface area contributed by atoms with E-state index in [-0.39, 0.29) is 18.2 Å². The zero-order valence-electron chi connectivity index (χ0n) is 12.4. The molecule has 1 aromatic carbocycles. The summed E-state index contributed by atoms with van der Waals surface area (Å²) >= 11 is 0. The number of benzene rings is 1. The maximum absolute atomic E-state index is 12.8. The molecular weight excluding hydrogens is 291 g/mol. The molecule has 0 saturated heterocycles. The molecule has 0 aliphatic heterocycles. The number of halogens is 2. The van der Waals surface area contributed by atoms with Crippen LogP contribution in [-0.4, -0.2) is 41.9 Å². The highest BCUT2D eigenvalue weighted by molar-refractivity contribution is 5.85. The Morgan fingerprint density at radius 3 is 2.62 bits per heavy atom. The van der Waals surface area contributed by atoms with Gasteiger partial charge in [0.05, 0.1) is 12.7 Å². The van der Waals surface area contributed by atoms with Crippen molar-refractivity contribution in [2.45, 2.75) is 13.1 Å². The monoisotopic (exact) mass is 312 g/mol. The van der Waals surface area contributed by atoms with Gasteiger partial charge in [-0.05, 0) is 31.8 Å². The average Bonchev–Trinajstić information content (AvgIpc) is 2.86. The first-order valence-electron chi connectivity index (χ1n) is 6.76. The summed E-state index contributed by atoms with van der Waals surface area (Å²) < 4.78 is 14.7. The molecule has 6 heteroatoms. The van der Waals surface area contributed by atoms with Crippen molar-refractivity contribution in [1.29, 1.82) is 0 Å². The number of hydrogen-bond donors (Lipinski definition) is 1. The van der Waals surface area contributed by atoms with Gasteiger partial charge in [0.25, 0.3) is 0 Å². The summed E-state index contributed by atoms with van der Waals surface area (Å²) in [6, 6.07) is 6.53. The van der Waals surface area contributed by atoms with E-state index in [9.17, 15) is 4.39 Å². The molecule has 0 aliphatic rings. The molecule has 1 N–H and O–H groups in total. The zero-order chi connectivity index (χ0) is 14.4. The second-order valence-corrected chi connectivity index (χ2v) is 5.01. The minimum absolute atomic E-state index is 0. The molecule has 1 aromatic heterocycles. The van der Waals surface area contributed by atoms with E-state index in [4.69, 9.17) is 0 Å². The van der Waals surface area contributed by atoms with Crippen LogP contribution in [0.3, 0.4) is 0 Å². The molecule has 0 atom stereocenters. The molecule has 0 aliphatic carbocycles. The molecule has 0 radical (unpaired) electrons. The largest absolute Gasteiger partial charge is 0.318 e. The van der Waals surface area contributed by atoms with E-state index in [1.807, 2.05) is 24.1 Å². The fourth-order valence-corrected chi connectivity index (χ4v) is 2.04. The molecule has 0 bridgehead atoms. The predicted octanol–water partition coefficient (Wildman–Crippen LogP) is 2.14. The lowest BCUT2D eigenvalue weighted by atomic mass is 10.2. The summed E-state index contributed by atoms with van der Waals surface area (Å²) in [6.07, 6.45) is 3.93. The molecule has 0 unspecified atom stereocenters. The van der Waals surface area contributed by atoms with Crippen molar-refractivity contribution in [2.75, 3.05) is 27.2 Å². The van der Waals surface area contributed by atoms with Crippen molar-refractivity contribution in [3.8, 4) is 0 Å². The maximum Gasteiger partial charge on any atom is 0.123 e. The van der Waals surface area contributed by atoms with Crippen molar-refractivity contribution < 1.29 is 4.39 Å². The maximum atomic E-state index is 12.8. The molecule has 0 fully saturated rings. The van der Waals surface area contributed by atoms with Crippen LogP contribution >= 0.6 is 12.4 Å². The van der Waals surface area contributed by atoms with Crippen LogP contribution < -0.4 is 5.32 Å². The van der Waals surface area contributed by atoms with Gasteiger partial charge in [-0.1, -0.05) is 12.1 Å². The van der Waals surface area contributed by atoms with Crippen molar-refractivity contribution >= 4 is 12.4 Å². The Kier molecular flexibility index (Phi) is 7.36. The number of hydrogen-bond acceptors (Lipinski definition) is 3. The zero-order valence-corrected chi connectivity index (χ0v) is 13.2. The standard InChI is InChI=1S/C15H21FN4.ClH/c1-17-7-8-19(2)10-14-9-18-20(12-14)11-13-3-5-15(16)6-4-13;/h3-6,9,12,17H,7-8,10-11H2,1-2H3;1H. The third-order valence-electron chi connectivity index (χ3n) is 3.14. The van der Waals surface area contributed by atoms with Crippen LogP contribution in [0.4, 0.5) is 4.39 Å². The minimum Gasteiger partial charge on any atom is -0.318 e. The van der Waals surface area contributed by atoms with Gasteiger partial charge in [-0.2, -0.15) is 5.10 Å². The minimum atomic E-state index is -0.207. The molecule has 116 valence electrons. The van der Waals surface area contributed by atoms with Crippen molar-refractivity contribution in [1.82, 2.24) is 20.0 Å². The van der Waals surface area contributed by atoms with Gasteiger partial charge < -0.3 is 10.2 Å². The van der Waals surface area contributed by atoms with Gasteiger partial charge >= 0.3 is 0 Å². The third-order valence-corrected chi connectivity index (χ3v) is 3.14. The van der Waals surface area contributed by atoms with Crippen LogP contribution in [0.2, 0.25) is 0 Å². The van der Waals surface area contributed by atoms with Crippen LogP contribution in [-0.2, 0) is 13.1 Å². The summed E-state index contributed by atoms with van der Waals surface area (Å²) in [5.74, 6) is -0.207. The van der Waals surface area contributed by atoms with E-state index in [0.29, 0.717) is 6.54 Å². The van der Waals surface area contributed by atoms with Crippen molar-refractivity contribution in [2.24, 2.45) is 0 Å². The second kappa shape index (κ2) is 8.77. The van der Waals surface area contributed by atoms with E-state index >= 15 is 0 Å². The lowest BCUT2D eigenvalue weighted by Gasteiger charge is -2.14. The first-order valence-corrected chi connectivity index (χ1v) is 6.76. The fraction of sp³-hybridized carbons (Fsp3) is 0.400. The number of nitrogens with one attached hydrogen (secondary N) is 1. The fourth-order valence-electron chi connectivity index (χ4n) is 2.04. The van der Waals surface area contributed by atoms with E-state index in [1.54, 1.807) is 12.1 Å². The molecular formula is C15H22ClFN4. The van der Waals surface area contributed by atoms with E-state index < -0.39 is 0 Å². The van der Waals surface area contributed by atoms with Gasteiger partial charge in [-0.15, -0.1) is 12.4 Å². The van der Waals surface area contributed by atoms with Crippen molar-refractivity contribution in [3.05, 3.63) is 53.6 Å². The Morgan fingerprint density at radius 2 is 1.95 bits per heavy atom. The lowest BCUT2D eigenvalue weighted by Crippen LogP contribution is -2.26. The first kappa shape index (κ1) is 17.6. The molecule has 2 aromatic rings. The third kappa shape index (κ3) is 5.83. The van der Waals surface area contributed by atoms with Crippen LogP contribution in [0.5, 0.6) is 0 Å². The van der Waals surface area contributed by atoms with E-state index in [0.717, 1.165) is 25.2 Å². The number of nitrogens with zero attached hydrogens (tertiary/aromatic N) is 3. The van der Waals surface area contributed by atoms with Gasteiger partial charge in [-0.25, -0.2) is 4.39 Å². The number of rotatable bonds is 7. The molecule has 21 heavy (non-hydrogen) atoms. The summed E-state index contributed by atoms with van der Waals surface area (Å²) in [6.45, 7) is 3.52. The van der Waals surface area contributed by atoms with Crippen LogP contribution in [0.1, 0.15) is 11.1 Å². The first-order chi connectivity index (χ1) is 9.67. The SMILES string of the molecule is CNCCN(C)Cc1cnn(Cc2ccc(F)cc2)c1.Cl. The molecule has 0 saturated carbocycles. The quantitative estimate of drug-likeness (QED) is 0.850.